The lowest BCUT2D eigenvalue weighted by Gasteiger charge is -2.48. The molecule has 3 fully saturated rings. The molecule has 19 heteroatoms. The van der Waals surface area contributed by atoms with Crippen LogP contribution in [-0.4, -0.2) is 193 Å². The molecule has 95 heavy (non-hydrogen) atoms. The van der Waals surface area contributed by atoms with Gasteiger partial charge >= 0.3 is 0 Å². The highest BCUT2D eigenvalue weighted by Crippen LogP contribution is 2.33. The van der Waals surface area contributed by atoms with Crippen LogP contribution in [0.4, 0.5) is 0 Å². The Morgan fingerprint density at radius 2 is 0.737 bits per heavy atom. The third-order valence-corrected chi connectivity index (χ3v) is 18.2. The quantitative estimate of drug-likeness (QED) is 0.0199. The second kappa shape index (κ2) is 56.7. The van der Waals surface area contributed by atoms with Gasteiger partial charge in [0.25, 0.3) is 0 Å². The van der Waals surface area contributed by atoms with Gasteiger partial charge in [-0.05, 0) is 83.5 Å². The number of amides is 1. The summed E-state index contributed by atoms with van der Waals surface area (Å²) in [6.45, 7) is 1.56. The highest BCUT2D eigenvalue weighted by molar-refractivity contribution is 5.76. The molecule has 550 valence electrons. The van der Waals surface area contributed by atoms with Crippen LogP contribution in [0.1, 0.15) is 258 Å². The molecule has 0 spiro atoms. The molecule has 0 aromatic rings. The Morgan fingerprint density at radius 1 is 0.389 bits per heavy atom. The molecule has 0 aromatic heterocycles. The van der Waals surface area contributed by atoms with Crippen molar-refractivity contribution in [2.75, 3.05) is 26.4 Å². The monoisotopic (exact) mass is 1350 g/mol. The van der Waals surface area contributed by atoms with Gasteiger partial charge in [-0.15, -0.1) is 0 Å². The molecule has 3 aliphatic heterocycles. The molecule has 17 unspecified atom stereocenters. The fourth-order valence-corrected chi connectivity index (χ4v) is 12.2. The molecule has 3 heterocycles. The van der Waals surface area contributed by atoms with E-state index in [2.05, 4.69) is 92.1 Å². The predicted octanol–water partition coefficient (Wildman–Crippen LogP) is 11.1. The maximum atomic E-state index is 13.4. The summed E-state index contributed by atoms with van der Waals surface area (Å²) >= 11 is 0. The van der Waals surface area contributed by atoms with E-state index in [1.807, 2.05) is 6.08 Å². The fraction of sp³-hybridized carbons (Fsp3) is 0.803. The van der Waals surface area contributed by atoms with Gasteiger partial charge in [0.1, 0.15) is 73.2 Å². The number of carbonyl (C=O) groups is 1. The molecule has 0 aromatic carbocycles. The van der Waals surface area contributed by atoms with Crippen molar-refractivity contribution in [2.45, 2.75) is 362 Å². The third kappa shape index (κ3) is 37.8. The molecule has 1 amide bonds. The fourth-order valence-electron chi connectivity index (χ4n) is 12.2. The number of nitrogens with one attached hydrogen (secondary N) is 1. The summed E-state index contributed by atoms with van der Waals surface area (Å²) in [5.74, 6) is -0.289. The zero-order chi connectivity index (χ0) is 68.9. The molecule has 0 radical (unpaired) electrons. The van der Waals surface area contributed by atoms with Gasteiger partial charge < -0.3 is 89.9 Å². The van der Waals surface area contributed by atoms with Crippen molar-refractivity contribution in [2.24, 2.45) is 0 Å². The van der Waals surface area contributed by atoms with Crippen LogP contribution in [-0.2, 0) is 33.2 Å². The van der Waals surface area contributed by atoms with Crippen molar-refractivity contribution in [3.63, 3.8) is 0 Å². The lowest BCUT2D eigenvalue weighted by Crippen LogP contribution is -2.66. The van der Waals surface area contributed by atoms with Crippen molar-refractivity contribution in [1.29, 1.82) is 0 Å². The van der Waals surface area contributed by atoms with Gasteiger partial charge in [0, 0.05) is 6.42 Å². The lowest BCUT2D eigenvalue weighted by molar-refractivity contribution is -0.379. The molecular formula is C76H133NO18. The topological polar surface area (TPSA) is 307 Å². The first-order valence-electron chi connectivity index (χ1n) is 37.3. The molecule has 19 nitrogen and oxygen atoms in total. The Kier molecular flexibility index (Phi) is 51.4. The van der Waals surface area contributed by atoms with Crippen molar-refractivity contribution >= 4 is 5.91 Å². The molecule has 0 bridgehead atoms. The van der Waals surface area contributed by atoms with Gasteiger partial charge in [-0.2, -0.15) is 0 Å². The third-order valence-electron chi connectivity index (χ3n) is 18.2. The van der Waals surface area contributed by atoms with E-state index in [1.54, 1.807) is 6.08 Å². The Labute approximate surface area is 571 Å². The van der Waals surface area contributed by atoms with Gasteiger partial charge in [0.15, 0.2) is 18.9 Å². The van der Waals surface area contributed by atoms with Crippen molar-refractivity contribution < 1.29 is 89.4 Å². The first kappa shape index (κ1) is 86.2. The molecule has 3 aliphatic rings. The molecule has 3 saturated heterocycles. The van der Waals surface area contributed by atoms with E-state index in [4.69, 9.17) is 28.4 Å². The first-order valence-corrected chi connectivity index (χ1v) is 37.3. The number of allylic oxidation sites excluding steroid dienone is 13. The number of hydrogen-bond acceptors (Lipinski definition) is 18. The number of carbonyl (C=O) groups excluding carboxylic acids is 1. The smallest absolute Gasteiger partial charge is 0.220 e. The van der Waals surface area contributed by atoms with Gasteiger partial charge in [0.2, 0.25) is 5.91 Å². The van der Waals surface area contributed by atoms with Gasteiger partial charge in [0.05, 0.1) is 38.6 Å². The average molecular weight is 1350 g/mol. The summed E-state index contributed by atoms with van der Waals surface area (Å²) in [5.41, 5.74) is 0. The SMILES string of the molecule is CC/C=C\C/C=C\C/C=C\C/C=C\CCCCCCCCCCCCCCCCCCCCCCCCCCC(=O)NC(COC1OC(CO)C(OC2OC(CO)C(OC3OC(CO)C(O)C(O)C3O)C(O)C2O)C(O)C1O)C(O)/C=C/CC/C=C/CC/C=C/CCCCC. The highest BCUT2D eigenvalue weighted by atomic mass is 16.8. The van der Waals surface area contributed by atoms with Crippen molar-refractivity contribution in [3.8, 4) is 0 Å². The Morgan fingerprint density at radius 3 is 1.18 bits per heavy atom. The summed E-state index contributed by atoms with van der Waals surface area (Å²) in [6.07, 6.45) is 47.5. The van der Waals surface area contributed by atoms with E-state index in [1.165, 1.54) is 154 Å². The van der Waals surface area contributed by atoms with Crippen LogP contribution in [0.15, 0.2) is 85.1 Å². The maximum absolute atomic E-state index is 13.4. The summed E-state index contributed by atoms with van der Waals surface area (Å²) in [6, 6.07) is -0.997. The van der Waals surface area contributed by atoms with E-state index in [-0.39, 0.29) is 18.9 Å². The summed E-state index contributed by atoms with van der Waals surface area (Å²) in [5, 5.41) is 120. The lowest BCUT2D eigenvalue weighted by atomic mass is 9.96. The van der Waals surface area contributed by atoms with Gasteiger partial charge in [-0.25, -0.2) is 0 Å². The van der Waals surface area contributed by atoms with Crippen LogP contribution in [0.25, 0.3) is 0 Å². The largest absolute Gasteiger partial charge is 0.394 e. The van der Waals surface area contributed by atoms with E-state index in [0.29, 0.717) is 12.8 Å². The standard InChI is InChI=1S/C76H133NO18/c1-3-5-7-9-11-13-15-17-18-19-20-21-22-23-24-25-26-27-28-29-30-31-32-33-34-35-36-37-38-39-40-42-44-46-48-50-52-54-64(82)77-59(60(81)53-51-49-47-45-43-41-16-14-12-10-8-6-4-2)58-90-74-70(88)67(85)72(62(56-79)92-74)95-76-71(89)68(86)73(63(57-80)93-76)94-75-69(87)66(84)65(83)61(55-78)91-75/h5,7,11-14,17-18,20-21,43,45,51,53,59-63,65-76,78-81,83-89H,3-4,6,8-10,15-16,19,22-42,44,46-50,52,54-58H2,1-2H3,(H,77,82)/b7-5-,13-11-,14-12+,18-17-,21-20-,45-43+,53-51+. The summed E-state index contributed by atoms with van der Waals surface area (Å²) in [4.78, 5) is 13.4. The van der Waals surface area contributed by atoms with E-state index >= 15 is 0 Å². The zero-order valence-corrected chi connectivity index (χ0v) is 58.4. The molecule has 3 rings (SSSR count). The highest BCUT2D eigenvalue weighted by Gasteiger charge is 2.53. The maximum Gasteiger partial charge on any atom is 0.220 e. The van der Waals surface area contributed by atoms with Crippen molar-refractivity contribution in [1.82, 2.24) is 5.32 Å². The minimum atomic E-state index is -1.98. The molecule has 0 aliphatic carbocycles. The normalized spacial score (nSPS) is 27.7. The summed E-state index contributed by atoms with van der Waals surface area (Å²) < 4.78 is 34.3. The van der Waals surface area contributed by atoms with Crippen LogP contribution in [0.5, 0.6) is 0 Å². The van der Waals surface area contributed by atoms with E-state index < -0.39 is 124 Å². The molecule has 0 saturated carbocycles. The minimum Gasteiger partial charge on any atom is -0.394 e. The number of rotatable bonds is 57. The second-order valence-corrected chi connectivity index (χ2v) is 26.4. The molecule has 12 N–H and O–H groups in total. The average Bonchev–Trinajstić information content (AvgIpc) is 0.791. The second-order valence-electron chi connectivity index (χ2n) is 26.4. The number of aliphatic hydroxyl groups is 11. The van der Waals surface area contributed by atoms with Gasteiger partial charge in [-0.1, -0.05) is 253 Å². The number of unbranched alkanes of at least 4 members (excludes halogenated alkanes) is 29. The Hall–Kier alpha value is -3.03. The number of ether oxygens (including phenoxy) is 6. The predicted molar refractivity (Wildman–Crippen MR) is 374 cm³/mol. The van der Waals surface area contributed by atoms with Crippen molar-refractivity contribution in [3.05, 3.63) is 85.1 Å². The van der Waals surface area contributed by atoms with E-state index in [9.17, 15) is 61.0 Å². The van der Waals surface area contributed by atoms with Crippen LogP contribution in [0, 0.1) is 0 Å². The molecule has 17 atom stereocenters. The van der Waals surface area contributed by atoms with Crippen LogP contribution in [0.2, 0.25) is 0 Å². The number of aliphatic hydroxyl groups excluding tert-OH is 11. The number of hydrogen-bond donors (Lipinski definition) is 12. The Balaban J connectivity index is 1.31. The molecular weight excluding hydrogens is 1210 g/mol. The van der Waals surface area contributed by atoms with Crippen LogP contribution < -0.4 is 5.32 Å². The van der Waals surface area contributed by atoms with Gasteiger partial charge in [-0.3, -0.25) is 4.79 Å². The zero-order valence-electron chi connectivity index (χ0n) is 58.4. The van der Waals surface area contributed by atoms with Crippen LogP contribution in [0.3, 0.4) is 0 Å². The van der Waals surface area contributed by atoms with Crippen LogP contribution >= 0.6 is 0 Å². The van der Waals surface area contributed by atoms with E-state index in [0.717, 1.165) is 70.6 Å². The Bertz CT molecular complexity index is 2050. The summed E-state index contributed by atoms with van der Waals surface area (Å²) in [7, 11) is 0. The minimum absolute atomic E-state index is 0.232. The first-order chi connectivity index (χ1) is 46.3.